The van der Waals surface area contributed by atoms with E-state index in [0.717, 1.165) is 22.9 Å². The molecule has 0 saturated carbocycles. The Bertz CT molecular complexity index is 1300. The van der Waals surface area contributed by atoms with Gasteiger partial charge >= 0.3 is 0 Å². The van der Waals surface area contributed by atoms with Crippen molar-refractivity contribution in [2.24, 2.45) is 0 Å². The van der Waals surface area contributed by atoms with E-state index in [2.05, 4.69) is 113 Å². The summed E-state index contributed by atoms with van der Waals surface area (Å²) in [6, 6.07) is 24.1. The molecule has 4 aromatic rings. The van der Waals surface area contributed by atoms with Gasteiger partial charge in [0.15, 0.2) is 11.5 Å². The molecule has 0 saturated heterocycles. The van der Waals surface area contributed by atoms with Gasteiger partial charge < -0.3 is 9.64 Å². The van der Waals surface area contributed by atoms with E-state index in [1.165, 1.54) is 38.7 Å². The summed E-state index contributed by atoms with van der Waals surface area (Å²) in [5, 5.41) is 2.40. The molecule has 0 atom stereocenters. The minimum Gasteiger partial charge on any atom is -0.453 e. The normalized spacial score (nSPS) is 13.0. The van der Waals surface area contributed by atoms with Crippen molar-refractivity contribution in [3.63, 3.8) is 0 Å². The van der Waals surface area contributed by atoms with Gasteiger partial charge in [0.1, 0.15) is 0 Å². The molecule has 156 valence electrons. The number of ether oxygens (including phenoxy) is 1. The second kappa shape index (κ2) is 6.88. The molecule has 0 N–H and O–H groups in total. The van der Waals surface area contributed by atoms with Gasteiger partial charge in [0.25, 0.3) is 0 Å². The number of hydrogen-bond donors (Lipinski definition) is 0. The number of benzene rings is 4. The van der Waals surface area contributed by atoms with Crippen LogP contribution in [0, 0.1) is 20.8 Å². The van der Waals surface area contributed by atoms with Crippen molar-refractivity contribution in [3.8, 4) is 11.5 Å². The lowest BCUT2D eigenvalue weighted by molar-refractivity contribution is 0.477. The first-order valence-electron chi connectivity index (χ1n) is 11.0. The quantitative estimate of drug-likeness (QED) is 0.276. The predicted octanol–water partition coefficient (Wildman–Crippen LogP) is 8.64. The molecule has 5 rings (SSSR count). The van der Waals surface area contributed by atoms with Gasteiger partial charge in [0.05, 0.1) is 17.1 Å². The average molecular weight is 408 g/mol. The summed E-state index contributed by atoms with van der Waals surface area (Å²) in [6.07, 6.45) is 0. The highest BCUT2D eigenvalue weighted by Gasteiger charge is 2.29. The summed E-state index contributed by atoms with van der Waals surface area (Å²) in [6.45, 7) is 13.4. The fourth-order valence-electron chi connectivity index (χ4n) is 4.58. The Kier molecular flexibility index (Phi) is 4.37. The molecule has 0 spiro atoms. The van der Waals surface area contributed by atoms with Gasteiger partial charge in [-0.15, -0.1) is 0 Å². The van der Waals surface area contributed by atoms with Gasteiger partial charge in [0.2, 0.25) is 0 Å². The molecule has 0 bridgehead atoms. The largest absolute Gasteiger partial charge is 0.453 e. The number of rotatable bonds is 1. The Morgan fingerprint density at radius 2 is 1.29 bits per heavy atom. The molecule has 2 heteroatoms. The zero-order chi connectivity index (χ0) is 21.9. The van der Waals surface area contributed by atoms with Crippen molar-refractivity contribution in [1.29, 1.82) is 0 Å². The topological polar surface area (TPSA) is 12.5 Å². The molecule has 0 fully saturated rings. The van der Waals surface area contributed by atoms with E-state index in [1.54, 1.807) is 0 Å². The number of hydrogen-bond acceptors (Lipinski definition) is 2. The molecule has 1 heterocycles. The second-order valence-electron chi connectivity index (χ2n) is 9.78. The third kappa shape index (κ3) is 3.27. The first-order chi connectivity index (χ1) is 14.7. The smallest absolute Gasteiger partial charge is 0.152 e. The number of anilines is 3. The van der Waals surface area contributed by atoms with E-state index in [0.29, 0.717) is 0 Å². The maximum Gasteiger partial charge on any atom is 0.152 e. The van der Waals surface area contributed by atoms with E-state index < -0.39 is 0 Å². The lowest BCUT2D eigenvalue weighted by Gasteiger charge is -2.36. The highest BCUT2D eigenvalue weighted by molar-refractivity contribution is 5.96. The number of nitrogens with zero attached hydrogens (tertiary/aromatic N) is 1. The Labute approximate surface area is 185 Å². The zero-order valence-electron chi connectivity index (χ0n) is 19.2. The summed E-state index contributed by atoms with van der Waals surface area (Å²) in [7, 11) is 0. The van der Waals surface area contributed by atoms with Gasteiger partial charge in [-0.1, -0.05) is 63.2 Å². The van der Waals surface area contributed by atoms with E-state index in [9.17, 15) is 0 Å². The van der Waals surface area contributed by atoms with E-state index in [1.807, 2.05) is 0 Å². The Hall–Kier alpha value is -3.26. The lowest BCUT2D eigenvalue weighted by Crippen LogP contribution is -2.19. The molecule has 1 aliphatic rings. The van der Waals surface area contributed by atoms with Crippen molar-refractivity contribution in [2.75, 3.05) is 4.90 Å². The summed E-state index contributed by atoms with van der Waals surface area (Å²) >= 11 is 0. The molecular weight excluding hydrogens is 378 g/mol. The van der Waals surface area contributed by atoms with Crippen LogP contribution in [-0.2, 0) is 5.41 Å². The molecule has 1 aliphatic heterocycles. The van der Waals surface area contributed by atoms with Crippen molar-refractivity contribution in [3.05, 3.63) is 89.0 Å². The Morgan fingerprint density at radius 1 is 0.677 bits per heavy atom. The Morgan fingerprint density at radius 3 is 1.94 bits per heavy atom. The highest BCUT2D eigenvalue weighted by Crippen LogP contribution is 2.53. The van der Waals surface area contributed by atoms with Crippen LogP contribution in [-0.4, -0.2) is 0 Å². The van der Waals surface area contributed by atoms with Crippen LogP contribution in [0.25, 0.3) is 10.8 Å². The highest BCUT2D eigenvalue weighted by atomic mass is 16.5. The summed E-state index contributed by atoms with van der Waals surface area (Å²) < 4.78 is 6.43. The van der Waals surface area contributed by atoms with E-state index in [4.69, 9.17) is 4.74 Å². The number of fused-ring (bicyclic) bond motifs is 3. The molecule has 0 unspecified atom stereocenters. The molecule has 0 radical (unpaired) electrons. The third-order valence-electron chi connectivity index (χ3n) is 6.23. The zero-order valence-corrected chi connectivity index (χ0v) is 19.2. The van der Waals surface area contributed by atoms with Crippen LogP contribution in [0.1, 0.15) is 43.0 Å². The molecule has 0 aliphatic carbocycles. The standard InChI is InChI=1S/C29H29NO/c1-18-11-12-24-26(13-18)31-27-17-22-10-8-7-9-21(22)16-25(27)30(24)28-19(2)14-23(15-20(28)3)29(4,5)6/h7-17H,1-6H3. The summed E-state index contributed by atoms with van der Waals surface area (Å²) in [5.74, 6) is 1.80. The van der Waals surface area contributed by atoms with Crippen molar-refractivity contribution < 1.29 is 4.74 Å². The molecule has 0 amide bonds. The van der Waals surface area contributed by atoms with Crippen molar-refractivity contribution in [2.45, 2.75) is 47.0 Å². The van der Waals surface area contributed by atoms with E-state index in [-0.39, 0.29) is 5.41 Å². The molecular formula is C29H29NO. The fourth-order valence-corrected chi connectivity index (χ4v) is 4.58. The lowest BCUT2D eigenvalue weighted by atomic mass is 9.84. The number of aryl methyl sites for hydroxylation is 3. The van der Waals surface area contributed by atoms with Crippen molar-refractivity contribution >= 4 is 27.8 Å². The van der Waals surface area contributed by atoms with Crippen LogP contribution in [0.2, 0.25) is 0 Å². The average Bonchev–Trinajstić information content (AvgIpc) is 2.70. The van der Waals surface area contributed by atoms with Crippen LogP contribution in [0.5, 0.6) is 11.5 Å². The van der Waals surface area contributed by atoms with Crippen LogP contribution >= 0.6 is 0 Å². The van der Waals surface area contributed by atoms with Crippen LogP contribution in [0.15, 0.2) is 66.7 Å². The van der Waals surface area contributed by atoms with Gasteiger partial charge in [-0.2, -0.15) is 0 Å². The van der Waals surface area contributed by atoms with Crippen molar-refractivity contribution in [1.82, 2.24) is 0 Å². The minimum absolute atomic E-state index is 0.113. The van der Waals surface area contributed by atoms with Crippen LogP contribution in [0.4, 0.5) is 17.1 Å². The first kappa shape index (κ1) is 19.7. The maximum atomic E-state index is 6.43. The van der Waals surface area contributed by atoms with E-state index >= 15 is 0 Å². The van der Waals surface area contributed by atoms with Gasteiger partial charge in [0, 0.05) is 0 Å². The summed E-state index contributed by atoms with van der Waals surface area (Å²) in [4.78, 5) is 2.39. The third-order valence-corrected chi connectivity index (χ3v) is 6.23. The van der Waals surface area contributed by atoms with Gasteiger partial charge in [-0.25, -0.2) is 0 Å². The maximum absolute atomic E-state index is 6.43. The SMILES string of the molecule is Cc1ccc2c(c1)Oc1cc3ccccc3cc1N2c1c(C)cc(C(C)(C)C)cc1C. The van der Waals surface area contributed by atoms with Crippen LogP contribution in [0.3, 0.4) is 0 Å². The monoisotopic (exact) mass is 407 g/mol. The molecule has 31 heavy (non-hydrogen) atoms. The second-order valence-corrected chi connectivity index (χ2v) is 9.78. The minimum atomic E-state index is 0.113. The molecule has 2 nitrogen and oxygen atoms in total. The first-order valence-corrected chi connectivity index (χ1v) is 11.0. The predicted molar refractivity (Wildman–Crippen MR) is 132 cm³/mol. The van der Waals surface area contributed by atoms with Gasteiger partial charge in [-0.05, 0) is 83.5 Å². The van der Waals surface area contributed by atoms with Crippen LogP contribution < -0.4 is 9.64 Å². The summed E-state index contributed by atoms with van der Waals surface area (Å²) in [5.41, 5.74) is 8.63. The van der Waals surface area contributed by atoms with Gasteiger partial charge in [-0.3, -0.25) is 0 Å². The molecule has 4 aromatic carbocycles. The molecule has 0 aromatic heterocycles. The fraction of sp³-hybridized carbons (Fsp3) is 0.241. The Balaban J connectivity index is 1.80.